The molecule has 0 fully saturated rings. The summed E-state index contributed by atoms with van der Waals surface area (Å²) in [7, 11) is -8.09. The van der Waals surface area contributed by atoms with E-state index in [-0.39, 0.29) is 51.5 Å². The number of azo groups is 1. The van der Waals surface area contributed by atoms with Crippen molar-refractivity contribution in [3.8, 4) is 0 Å². The molecule has 1 radical (unpaired) electrons. The van der Waals surface area contributed by atoms with Crippen LogP contribution in [-0.4, -0.2) is 50.9 Å². The van der Waals surface area contributed by atoms with Gasteiger partial charge in [0, 0.05) is 35.0 Å². The maximum absolute atomic E-state index is 11.6. The number of hydrogen-bond donors (Lipinski definition) is 3. The minimum absolute atomic E-state index is 0. The Labute approximate surface area is 172 Å². The van der Waals surface area contributed by atoms with E-state index in [2.05, 4.69) is 16.8 Å². The summed E-state index contributed by atoms with van der Waals surface area (Å²) in [5.74, 6) is 0. The van der Waals surface area contributed by atoms with E-state index in [0.717, 1.165) is 17.5 Å². The van der Waals surface area contributed by atoms with Gasteiger partial charge >= 0.3 is 0 Å². The molecule has 0 saturated carbocycles. The van der Waals surface area contributed by atoms with Gasteiger partial charge in [-0.15, -0.1) is 5.11 Å². The molecule has 0 atom stereocenters. The van der Waals surface area contributed by atoms with Crippen molar-refractivity contribution in [3.63, 3.8) is 0 Å². The Morgan fingerprint density at radius 3 is 2.04 bits per heavy atom. The van der Waals surface area contributed by atoms with Crippen LogP contribution in [0.4, 0.5) is 22.7 Å². The summed E-state index contributed by atoms with van der Waals surface area (Å²) < 4.78 is 54.8. The van der Waals surface area contributed by atoms with E-state index >= 15 is 0 Å². The van der Waals surface area contributed by atoms with Gasteiger partial charge in [0.2, 0.25) is 0 Å². The zero-order valence-corrected chi connectivity index (χ0v) is 17.3. The summed E-state index contributed by atoms with van der Waals surface area (Å²) in [5, 5.41) is 8.48. The molecule has 0 saturated heterocycles. The van der Waals surface area contributed by atoms with Crippen LogP contribution < -0.4 is 11.5 Å². The molecule has 12 heteroatoms. The van der Waals surface area contributed by atoms with Crippen molar-refractivity contribution in [2.75, 3.05) is 11.5 Å². The van der Waals surface area contributed by atoms with Gasteiger partial charge in [0.25, 0.3) is 10.1 Å². The molecule has 133 valence electrons. The SMILES string of the molecule is C=CS(=O)(=O)c1ccc(N=Nc2cc(S(=O)(=O)O)c(N)cc2N)cc1.[Na]. The van der Waals surface area contributed by atoms with Gasteiger partial charge < -0.3 is 11.5 Å². The fraction of sp³-hybridized carbons (Fsp3) is 0. The van der Waals surface area contributed by atoms with Crippen molar-refractivity contribution >= 4 is 72.3 Å². The average Bonchev–Trinajstić information content (AvgIpc) is 2.53. The maximum Gasteiger partial charge on any atom is 0.296 e. The van der Waals surface area contributed by atoms with Crippen molar-refractivity contribution in [1.29, 1.82) is 0 Å². The van der Waals surface area contributed by atoms with E-state index < -0.39 is 24.9 Å². The predicted molar refractivity (Wildman–Crippen MR) is 98.8 cm³/mol. The summed E-state index contributed by atoms with van der Waals surface area (Å²) in [6, 6.07) is 7.56. The monoisotopic (exact) mass is 405 g/mol. The van der Waals surface area contributed by atoms with Gasteiger partial charge in [0.05, 0.1) is 22.0 Å². The van der Waals surface area contributed by atoms with Gasteiger partial charge in [-0.1, -0.05) is 6.58 Å². The molecule has 0 spiro atoms. The van der Waals surface area contributed by atoms with Crippen LogP contribution in [0.25, 0.3) is 0 Å². The second-order valence-electron chi connectivity index (χ2n) is 4.83. The van der Waals surface area contributed by atoms with E-state index in [4.69, 9.17) is 16.0 Å². The van der Waals surface area contributed by atoms with E-state index in [9.17, 15) is 16.8 Å². The van der Waals surface area contributed by atoms with Crippen LogP contribution in [0.2, 0.25) is 0 Å². The number of anilines is 2. The first-order chi connectivity index (χ1) is 11.5. The van der Waals surface area contributed by atoms with Crippen molar-refractivity contribution < 1.29 is 21.4 Å². The number of hydrogen-bond acceptors (Lipinski definition) is 8. The van der Waals surface area contributed by atoms with Crippen LogP contribution >= 0.6 is 0 Å². The minimum Gasteiger partial charge on any atom is -0.398 e. The number of nitrogens with zero attached hydrogens (tertiary/aromatic N) is 2. The third kappa shape index (κ3) is 5.13. The molecule has 2 rings (SSSR count). The Morgan fingerprint density at radius 2 is 1.54 bits per heavy atom. The smallest absolute Gasteiger partial charge is 0.296 e. The van der Waals surface area contributed by atoms with Gasteiger partial charge in [-0.3, -0.25) is 4.55 Å². The Balaban J connectivity index is 0.00000338. The van der Waals surface area contributed by atoms with Crippen LogP contribution in [0.15, 0.2) is 68.4 Å². The second-order valence-corrected chi connectivity index (χ2v) is 8.11. The molecule has 26 heavy (non-hydrogen) atoms. The van der Waals surface area contributed by atoms with Crippen molar-refractivity contribution in [1.82, 2.24) is 0 Å². The third-order valence-corrected chi connectivity index (χ3v) is 5.37. The number of nitrogens with two attached hydrogens (primary N) is 2. The van der Waals surface area contributed by atoms with Crippen LogP contribution in [0, 0.1) is 0 Å². The van der Waals surface area contributed by atoms with Crippen molar-refractivity contribution in [3.05, 3.63) is 48.4 Å². The first-order valence-corrected chi connectivity index (χ1v) is 9.59. The summed E-state index contributed by atoms with van der Waals surface area (Å²) in [6.07, 6.45) is 0. The van der Waals surface area contributed by atoms with Gasteiger partial charge in [-0.2, -0.15) is 13.5 Å². The molecule has 0 heterocycles. The van der Waals surface area contributed by atoms with Crippen LogP contribution in [0.1, 0.15) is 0 Å². The number of rotatable bonds is 5. The number of nitrogen functional groups attached to an aromatic ring is 2. The minimum atomic E-state index is -4.54. The van der Waals surface area contributed by atoms with E-state index in [0.29, 0.717) is 5.69 Å². The molecule has 0 aromatic heterocycles. The number of benzene rings is 2. The molecule has 5 N–H and O–H groups in total. The predicted octanol–water partition coefficient (Wildman–Crippen LogP) is 2.05. The number of sulfone groups is 1. The molecule has 0 bridgehead atoms. The molecule has 2 aromatic rings. The van der Waals surface area contributed by atoms with Gasteiger partial charge in [0.15, 0.2) is 9.84 Å². The summed E-state index contributed by atoms with van der Waals surface area (Å²) >= 11 is 0. The third-order valence-electron chi connectivity index (χ3n) is 3.09. The fourth-order valence-electron chi connectivity index (χ4n) is 1.82. The first-order valence-electron chi connectivity index (χ1n) is 6.60. The molecule has 0 aliphatic rings. The molecular weight excluding hydrogens is 391 g/mol. The summed E-state index contributed by atoms with van der Waals surface area (Å²) in [5.41, 5.74) is 11.3. The Hall–Kier alpha value is -1.76. The molecule has 0 unspecified atom stereocenters. The first kappa shape index (κ1) is 22.3. The Kier molecular flexibility index (Phi) is 7.10. The zero-order chi connectivity index (χ0) is 18.8. The van der Waals surface area contributed by atoms with Gasteiger partial charge in [0.1, 0.15) is 10.6 Å². The summed E-state index contributed by atoms with van der Waals surface area (Å²) in [6.45, 7) is 3.23. The second kappa shape index (κ2) is 8.29. The Bertz CT molecular complexity index is 1070. The van der Waals surface area contributed by atoms with E-state index in [1.54, 1.807) is 0 Å². The topological polar surface area (TPSA) is 165 Å². The maximum atomic E-state index is 11.6. The largest absolute Gasteiger partial charge is 0.398 e. The van der Waals surface area contributed by atoms with Gasteiger partial charge in [-0.05, 0) is 36.4 Å². The molecule has 2 aromatic carbocycles. The van der Waals surface area contributed by atoms with E-state index in [1.807, 2.05) is 0 Å². The normalized spacial score (nSPS) is 11.9. The average molecular weight is 405 g/mol. The Morgan fingerprint density at radius 1 is 0.962 bits per heavy atom. The quantitative estimate of drug-likeness (QED) is 0.296. The fourth-order valence-corrected chi connectivity index (χ4v) is 3.15. The summed E-state index contributed by atoms with van der Waals surface area (Å²) in [4.78, 5) is -0.495. The standard InChI is InChI=1S/C14H14N4O5S2.Na/c1-2-24(19,20)10-5-3-9(4-6-10)17-18-13-8-14(25(21,22)23)12(16)7-11(13)15;/h2-8H,1,15-16H2,(H,21,22,23);. The van der Waals surface area contributed by atoms with Gasteiger partial charge in [-0.25, -0.2) is 8.42 Å². The van der Waals surface area contributed by atoms with E-state index in [1.165, 1.54) is 24.3 Å². The zero-order valence-electron chi connectivity index (χ0n) is 13.7. The van der Waals surface area contributed by atoms with Crippen LogP contribution in [0.3, 0.4) is 0 Å². The van der Waals surface area contributed by atoms with Crippen LogP contribution in [0.5, 0.6) is 0 Å². The molecule has 0 aliphatic carbocycles. The van der Waals surface area contributed by atoms with Crippen LogP contribution in [-0.2, 0) is 20.0 Å². The molecule has 0 aliphatic heterocycles. The molecular formula is C14H14N4NaO5S2. The van der Waals surface area contributed by atoms with Crippen molar-refractivity contribution in [2.24, 2.45) is 10.2 Å². The van der Waals surface area contributed by atoms with Crippen molar-refractivity contribution in [2.45, 2.75) is 9.79 Å². The molecule has 0 amide bonds. The molecule has 9 nitrogen and oxygen atoms in total.